The molecule has 0 fully saturated rings. The van der Waals surface area contributed by atoms with Crippen LogP contribution in [0.4, 0.5) is 0 Å². The lowest BCUT2D eigenvalue weighted by Crippen LogP contribution is -1.83. The quantitative estimate of drug-likeness (QED) is 0.332. The summed E-state index contributed by atoms with van der Waals surface area (Å²) in [4.78, 5) is 0. The third-order valence-corrected chi connectivity index (χ3v) is 4.93. The van der Waals surface area contributed by atoms with Gasteiger partial charge in [-0.05, 0) is 35.7 Å². The Labute approximate surface area is 152 Å². The van der Waals surface area contributed by atoms with Crippen LogP contribution in [0.2, 0.25) is 0 Å². The summed E-state index contributed by atoms with van der Waals surface area (Å²) in [6.45, 7) is 2.13. The van der Waals surface area contributed by atoms with E-state index >= 15 is 0 Å². The molecule has 4 aromatic carbocycles. The third kappa shape index (κ3) is 2.41. The molecule has 0 aliphatic rings. The molecule has 1 nitrogen and oxygen atoms in total. The van der Waals surface area contributed by atoms with Crippen molar-refractivity contribution < 1.29 is 4.42 Å². The first-order valence-electron chi connectivity index (χ1n) is 8.87. The predicted molar refractivity (Wildman–Crippen MR) is 109 cm³/mol. The Balaban J connectivity index is 1.72. The van der Waals surface area contributed by atoms with Crippen LogP contribution in [-0.4, -0.2) is 0 Å². The Morgan fingerprint density at radius 1 is 0.577 bits per heavy atom. The van der Waals surface area contributed by atoms with Gasteiger partial charge in [0.1, 0.15) is 11.2 Å². The largest absolute Gasteiger partial charge is 0.455 e. The molecule has 1 aromatic heterocycles. The van der Waals surface area contributed by atoms with Gasteiger partial charge in [0.2, 0.25) is 0 Å². The van der Waals surface area contributed by atoms with Crippen LogP contribution in [0.1, 0.15) is 5.56 Å². The number of benzene rings is 4. The molecule has 0 aliphatic heterocycles. The van der Waals surface area contributed by atoms with Gasteiger partial charge in [0.05, 0.1) is 0 Å². The summed E-state index contributed by atoms with van der Waals surface area (Å²) in [5.41, 5.74) is 7.93. The summed E-state index contributed by atoms with van der Waals surface area (Å²) in [6, 6.07) is 31.9. The fourth-order valence-electron chi connectivity index (χ4n) is 3.67. The normalized spacial score (nSPS) is 11.3. The van der Waals surface area contributed by atoms with Crippen molar-refractivity contribution in [1.29, 1.82) is 0 Å². The fraction of sp³-hybridized carbons (Fsp3) is 0.0400. The highest BCUT2D eigenvalue weighted by atomic mass is 16.3. The van der Waals surface area contributed by atoms with Gasteiger partial charge in [-0.1, -0.05) is 84.4 Å². The average Bonchev–Trinajstić information content (AvgIpc) is 3.07. The monoisotopic (exact) mass is 334 g/mol. The van der Waals surface area contributed by atoms with Gasteiger partial charge in [0.15, 0.2) is 0 Å². The van der Waals surface area contributed by atoms with E-state index in [2.05, 4.69) is 85.8 Å². The first kappa shape index (κ1) is 15.0. The maximum Gasteiger partial charge on any atom is 0.143 e. The molecule has 1 heterocycles. The molecule has 0 bridgehead atoms. The van der Waals surface area contributed by atoms with Crippen molar-refractivity contribution in [3.05, 3.63) is 96.6 Å². The van der Waals surface area contributed by atoms with E-state index in [4.69, 9.17) is 4.42 Å². The minimum atomic E-state index is 0.935. The molecule has 0 aliphatic carbocycles. The zero-order chi connectivity index (χ0) is 17.5. The van der Waals surface area contributed by atoms with E-state index in [1.54, 1.807) is 0 Å². The van der Waals surface area contributed by atoms with E-state index < -0.39 is 0 Å². The van der Waals surface area contributed by atoms with E-state index in [-0.39, 0.29) is 0 Å². The topological polar surface area (TPSA) is 13.1 Å². The average molecular weight is 334 g/mol. The van der Waals surface area contributed by atoms with Gasteiger partial charge in [-0.25, -0.2) is 0 Å². The maximum atomic E-state index is 6.20. The molecule has 124 valence electrons. The molecule has 1 heteroatoms. The van der Waals surface area contributed by atoms with Crippen LogP contribution in [-0.2, 0) is 0 Å². The Bertz CT molecular complexity index is 1240. The van der Waals surface area contributed by atoms with Gasteiger partial charge in [-0.15, -0.1) is 0 Å². The lowest BCUT2D eigenvalue weighted by molar-refractivity contribution is 0.670. The second-order valence-electron chi connectivity index (χ2n) is 6.73. The van der Waals surface area contributed by atoms with E-state index in [0.717, 1.165) is 16.7 Å². The molecule has 0 saturated heterocycles. The lowest BCUT2D eigenvalue weighted by atomic mass is 9.97. The van der Waals surface area contributed by atoms with E-state index in [9.17, 15) is 0 Å². The van der Waals surface area contributed by atoms with Crippen LogP contribution in [0.15, 0.2) is 95.4 Å². The Kier molecular flexibility index (Phi) is 3.39. The van der Waals surface area contributed by atoms with E-state index in [0.29, 0.717) is 0 Å². The molecule has 0 amide bonds. The van der Waals surface area contributed by atoms with Crippen molar-refractivity contribution in [1.82, 2.24) is 0 Å². The molecular formula is C25H18O. The highest BCUT2D eigenvalue weighted by Crippen LogP contribution is 2.36. The molecule has 0 saturated carbocycles. The smallest absolute Gasteiger partial charge is 0.143 e. The Hall–Kier alpha value is -3.32. The summed E-state index contributed by atoms with van der Waals surface area (Å²) < 4.78 is 6.20. The van der Waals surface area contributed by atoms with Crippen LogP contribution in [0.3, 0.4) is 0 Å². The van der Waals surface area contributed by atoms with Gasteiger partial charge < -0.3 is 4.42 Å². The number of aryl methyl sites for hydroxylation is 1. The van der Waals surface area contributed by atoms with Crippen molar-refractivity contribution >= 4 is 21.9 Å². The second kappa shape index (κ2) is 5.89. The maximum absolute atomic E-state index is 6.20. The van der Waals surface area contributed by atoms with Gasteiger partial charge >= 0.3 is 0 Å². The van der Waals surface area contributed by atoms with Crippen molar-refractivity contribution in [3.63, 3.8) is 0 Å². The standard InChI is InChI=1S/C25H18O/c1-17-7-4-8-18(15-17)19-9-5-10-20(16-19)21-12-6-13-23-22-11-2-3-14-24(22)26-25(21)23/h2-16H,1H3. The minimum absolute atomic E-state index is 0.935. The number of para-hydroxylation sites is 2. The zero-order valence-corrected chi connectivity index (χ0v) is 14.6. The number of fused-ring (bicyclic) bond motifs is 3. The molecular weight excluding hydrogens is 316 g/mol. The SMILES string of the molecule is Cc1cccc(-c2cccc(-c3cccc4c3oc3ccccc34)c2)c1. The molecule has 0 N–H and O–H groups in total. The Morgan fingerprint density at radius 3 is 2.15 bits per heavy atom. The first-order valence-corrected chi connectivity index (χ1v) is 8.87. The number of rotatable bonds is 2. The zero-order valence-electron chi connectivity index (χ0n) is 14.6. The minimum Gasteiger partial charge on any atom is -0.455 e. The summed E-state index contributed by atoms with van der Waals surface area (Å²) >= 11 is 0. The van der Waals surface area contributed by atoms with Crippen LogP contribution < -0.4 is 0 Å². The highest BCUT2D eigenvalue weighted by molar-refractivity contribution is 6.09. The molecule has 0 radical (unpaired) electrons. The fourth-order valence-corrected chi connectivity index (χ4v) is 3.67. The first-order chi connectivity index (χ1) is 12.8. The molecule has 0 spiro atoms. The van der Waals surface area contributed by atoms with Crippen molar-refractivity contribution in [2.45, 2.75) is 6.92 Å². The Morgan fingerprint density at radius 2 is 1.27 bits per heavy atom. The van der Waals surface area contributed by atoms with Crippen molar-refractivity contribution in [2.24, 2.45) is 0 Å². The van der Waals surface area contributed by atoms with Crippen LogP contribution in [0, 0.1) is 6.92 Å². The molecule has 0 unspecified atom stereocenters. The number of hydrogen-bond donors (Lipinski definition) is 0. The van der Waals surface area contributed by atoms with Crippen LogP contribution in [0.25, 0.3) is 44.2 Å². The molecule has 26 heavy (non-hydrogen) atoms. The van der Waals surface area contributed by atoms with Gasteiger partial charge in [0, 0.05) is 16.3 Å². The predicted octanol–water partition coefficient (Wildman–Crippen LogP) is 7.23. The molecule has 0 atom stereocenters. The van der Waals surface area contributed by atoms with E-state index in [1.807, 2.05) is 12.1 Å². The van der Waals surface area contributed by atoms with E-state index in [1.165, 1.54) is 33.0 Å². The number of hydrogen-bond acceptors (Lipinski definition) is 1. The van der Waals surface area contributed by atoms with Gasteiger partial charge in [-0.2, -0.15) is 0 Å². The van der Waals surface area contributed by atoms with Gasteiger partial charge in [-0.3, -0.25) is 0 Å². The molecule has 5 rings (SSSR count). The summed E-state index contributed by atoms with van der Waals surface area (Å²) in [5.74, 6) is 0. The van der Waals surface area contributed by atoms with Crippen molar-refractivity contribution in [2.75, 3.05) is 0 Å². The molecule has 5 aromatic rings. The van der Waals surface area contributed by atoms with Crippen LogP contribution >= 0.6 is 0 Å². The summed E-state index contributed by atoms with van der Waals surface area (Å²) in [6.07, 6.45) is 0. The van der Waals surface area contributed by atoms with Gasteiger partial charge in [0.25, 0.3) is 0 Å². The lowest BCUT2D eigenvalue weighted by Gasteiger charge is -2.07. The highest BCUT2D eigenvalue weighted by Gasteiger charge is 2.12. The van der Waals surface area contributed by atoms with Crippen molar-refractivity contribution in [3.8, 4) is 22.3 Å². The number of furan rings is 1. The van der Waals surface area contributed by atoms with Crippen LogP contribution in [0.5, 0.6) is 0 Å². The summed E-state index contributed by atoms with van der Waals surface area (Å²) in [7, 11) is 0. The summed E-state index contributed by atoms with van der Waals surface area (Å²) in [5, 5.41) is 2.33. The second-order valence-corrected chi connectivity index (χ2v) is 6.73. The third-order valence-electron chi connectivity index (χ3n) is 4.93.